The van der Waals surface area contributed by atoms with Crippen LogP contribution in [0.5, 0.6) is 0 Å². The minimum Gasteiger partial charge on any atom is -0.393 e. The van der Waals surface area contributed by atoms with E-state index in [0.29, 0.717) is 5.92 Å². The summed E-state index contributed by atoms with van der Waals surface area (Å²) in [7, 11) is 0. The highest BCUT2D eigenvalue weighted by molar-refractivity contribution is 4.82. The Balaban J connectivity index is 1.82. The third kappa shape index (κ3) is 3.98. The van der Waals surface area contributed by atoms with Crippen molar-refractivity contribution >= 4 is 0 Å². The lowest BCUT2D eigenvalue weighted by molar-refractivity contribution is 0.0267. The molecule has 1 N–H and O–H groups in total. The van der Waals surface area contributed by atoms with Gasteiger partial charge in [-0.05, 0) is 30.6 Å². The first-order chi connectivity index (χ1) is 8.81. The Kier molecular flexibility index (Phi) is 6.01. The summed E-state index contributed by atoms with van der Waals surface area (Å²) in [6.45, 7) is 2.31. The van der Waals surface area contributed by atoms with Gasteiger partial charge in [-0.15, -0.1) is 0 Å². The maximum atomic E-state index is 10.6. The zero-order valence-electron chi connectivity index (χ0n) is 12.2. The Hall–Kier alpha value is -0.0400. The number of aliphatic hydroxyl groups excluding tert-OH is 1. The van der Waals surface area contributed by atoms with Crippen molar-refractivity contribution in [2.45, 2.75) is 90.1 Å². The first-order valence-electron chi connectivity index (χ1n) is 8.49. The lowest BCUT2D eigenvalue weighted by atomic mass is 9.73. The lowest BCUT2D eigenvalue weighted by Crippen LogP contribution is -2.32. The van der Waals surface area contributed by atoms with Crippen molar-refractivity contribution < 1.29 is 5.11 Å². The SMILES string of the molecule is CCC1CCCCC1C(O)CC1CCCCCC1. The number of aliphatic hydroxyl groups is 1. The van der Waals surface area contributed by atoms with Gasteiger partial charge in [0.25, 0.3) is 0 Å². The molecule has 0 heterocycles. The summed E-state index contributed by atoms with van der Waals surface area (Å²) >= 11 is 0. The minimum atomic E-state index is -0.00153. The van der Waals surface area contributed by atoms with E-state index in [1.165, 1.54) is 70.6 Å². The predicted octanol–water partition coefficient (Wildman–Crippen LogP) is 4.92. The third-order valence-electron chi connectivity index (χ3n) is 5.54. The van der Waals surface area contributed by atoms with Crippen molar-refractivity contribution in [3.63, 3.8) is 0 Å². The maximum Gasteiger partial charge on any atom is 0.0573 e. The fourth-order valence-corrected chi connectivity index (χ4v) is 4.37. The zero-order chi connectivity index (χ0) is 12.8. The summed E-state index contributed by atoms with van der Waals surface area (Å²) in [5.41, 5.74) is 0. The average molecular weight is 252 g/mol. The summed E-state index contributed by atoms with van der Waals surface area (Å²) in [5.74, 6) is 2.24. The molecule has 0 aromatic rings. The first kappa shape index (κ1) is 14.4. The van der Waals surface area contributed by atoms with Gasteiger partial charge < -0.3 is 5.11 Å². The second kappa shape index (κ2) is 7.53. The lowest BCUT2D eigenvalue weighted by Gasteiger charge is -2.35. The van der Waals surface area contributed by atoms with Gasteiger partial charge in [-0.2, -0.15) is 0 Å². The van der Waals surface area contributed by atoms with Crippen LogP contribution in [0.25, 0.3) is 0 Å². The summed E-state index contributed by atoms with van der Waals surface area (Å²) in [6, 6.07) is 0. The van der Waals surface area contributed by atoms with E-state index in [-0.39, 0.29) is 6.10 Å². The first-order valence-corrected chi connectivity index (χ1v) is 8.49. The van der Waals surface area contributed by atoms with Crippen LogP contribution in [-0.2, 0) is 0 Å². The summed E-state index contributed by atoms with van der Waals surface area (Å²) < 4.78 is 0. The standard InChI is InChI=1S/C17H32O/c1-2-15-11-7-8-12-16(15)17(18)13-14-9-5-3-4-6-10-14/h14-18H,2-13H2,1H3. The van der Waals surface area contributed by atoms with Crippen LogP contribution in [0.4, 0.5) is 0 Å². The highest BCUT2D eigenvalue weighted by Gasteiger charge is 2.31. The van der Waals surface area contributed by atoms with Gasteiger partial charge in [-0.25, -0.2) is 0 Å². The summed E-state index contributed by atoms with van der Waals surface area (Å²) in [6.07, 6.45) is 16.2. The van der Waals surface area contributed by atoms with Crippen molar-refractivity contribution in [2.24, 2.45) is 17.8 Å². The minimum absolute atomic E-state index is 0.00153. The molecule has 0 aliphatic heterocycles. The molecule has 3 unspecified atom stereocenters. The van der Waals surface area contributed by atoms with Crippen LogP contribution >= 0.6 is 0 Å². The maximum absolute atomic E-state index is 10.6. The van der Waals surface area contributed by atoms with Gasteiger partial charge >= 0.3 is 0 Å². The fourth-order valence-electron chi connectivity index (χ4n) is 4.37. The topological polar surface area (TPSA) is 20.2 Å². The van der Waals surface area contributed by atoms with Crippen molar-refractivity contribution in [3.8, 4) is 0 Å². The Bertz CT molecular complexity index is 218. The summed E-state index contributed by atoms with van der Waals surface area (Å²) in [4.78, 5) is 0. The zero-order valence-corrected chi connectivity index (χ0v) is 12.2. The molecule has 0 aromatic heterocycles. The van der Waals surface area contributed by atoms with Gasteiger partial charge in [0, 0.05) is 0 Å². The van der Waals surface area contributed by atoms with E-state index in [0.717, 1.165) is 18.3 Å². The van der Waals surface area contributed by atoms with Gasteiger partial charge in [0.2, 0.25) is 0 Å². The molecule has 0 amide bonds. The average Bonchev–Trinajstić information content (AvgIpc) is 2.67. The Morgan fingerprint density at radius 1 is 0.889 bits per heavy atom. The molecule has 2 rings (SSSR count). The third-order valence-corrected chi connectivity index (χ3v) is 5.54. The van der Waals surface area contributed by atoms with Gasteiger partial charge in [0.15, 0.2) is 0 Å². The largest absolute Gasteiger partial charge is 0.393 e. The van der Waals surface area contributed by atoms with Crippen LogP contribution in [0.15, 0.2) is 0 Å². The molecule has 0 aromatic carbocycles. The molecule has 0 radical (unpaired) electrons. The highest BCUT2D eigenvalue weighted by atomic mass is 16.3. The number of rotatable bonds is 4. The Morgan fingerprint density at radius 2 is 1.50 bits per heavy atom. The fraction of sp³-hybridized carbons (Fsp3) is 1.00. The van der Waals surface area contributed by atoms with E-state index in [9.17, 15) is 5.11 Å². The van der Waals surface area contributed by atoms with E-state index >= 15 is 0 Å². The molecular formula is C17H32O. The molecule has 1 heteroatoms. The quantitative estimate of drug-likeness (QED) is 0.704. The van der Waals surface area contributed by atoms with Crippen LogP contribution in [0, 0.1) is 17.8 Å². The predicted molar refractivity (Wildman–Crippen MR) is 77.6 cm³/mol. The molecule has 1 nitrogen and oxygen atoms in total. The second-order valence-electron chi connectivity index (χ2n) is 6.78. The van der Waals surface area contributed by atoms with Gasteiger partial charge in [-0.1, -0.05) is 71.1 Å². The van der Waals surface area contributed by atoms with Gasteiger partial charge in [0.05, 0.1) is 6.10 Å². The van der Waals surface area contributed by atoms with Crippen LogP contribution < -0.4 is 0 Å². The van der Waals surface area contributed by atoms with Crippen LogP contribution in [0.3, 0.4) is 0 Å². The molecule has 2 fully saturated rings. The van der Waals surface area contributed by atoms with Gasteiger partial charge in [0.1, 0.15) is 0 Å². The molecule has 0 spiro atoms. The van der Waals surface area contributed by atoms with Gasteiger partial charge in [-0.3, -0.25) is 0 Å². The molecule has 2 aliphatic rings. The summed E-state index contributed by atoms with van der Waals surface area (Å²) in [5, 5.41) is 10.6. The monoisotopic (exact) mass is 252 g/mol. The molecule has 18 heavy (non-hydrogen) atoms. The van der Waals surface area contributed by atoms with E-state index in [1.54, 1.807) is 0 Å². The van der Waals surface area contributed by atoms with Crippen molar-refractivity contribution in [1.29, 1.82) is 0 Å². The number of hydrogen-bond donors (Lipinski definition) is 1. The van der Waals surface area contributed by atoms with Crippen molar-refractivity contribution in [1.82, 2.24) is 0 Å². The molecule has 106 valence electrons. The Morgan fingerprint density at radius 3 is 2.17 bits per heavy atom. The van der Waals surface area contributed by atoms with Crippen LogP contribution in [0.1, 0.15) is 84.0 Å². The molecule has 3 atom stereocenters. The molecule has 2 saturated carbocycles. The van der Waals surface area contributed by atoms with Crippen molar-refractivity contribution in [3.05, 3.63) is 0 Å². The van der Waals surface area contributed by atoms with Crippen molar-refractivity contribution in [2.75, 3.05) is 0 Å². The number of hydrogen-bond acceptors (Lipinski definition) is 1. The van der Waals surface area contributed by atoms with E-state index in [4.69, 9.17) is 0 Å². The molecule has 2 aliphatic carbocycles. The smallest absolute Gasteiger partial charge is 0.0573 e. The second-order valence-corrected chi connectivity index (χ2v) is 6.78. The van der Waals surface area contributed by atoms with Crippen LogP contribution in [-0.4, -0.2) is 11.2 Å². The van der Waals surface area contributed by atoms with E-state index in [2.05, 4.69) is 6.92 Å². The molecular weight excluding hydrogens is 220 g/mol. The molecule has 0 bridgehead atoms. The highest BCUT2D eigenvalue weighted by Crippen LogP contribution is 2.37. The van der Waals surface area contributed by atoms with E-state index in [1.807, 2.05) is 0 Å². The normalized spacial score (nSPS) is 33.0. The Labute approximate surface area is 113 Å². The van der Waals surface area contributed by atoms with Crippen LogP contribution in [0.2, 0.25) is 0 Å². The van der Waals surface area contributed by atoms with E-state index < -0.39 is 0 Å². The molecule has 0 saturated heterocycles.